The molecule has 0 aliphatic heterocycles. The molecule has 0 saturated carbocycles. The van der Waals surface area contributed by atoms with Crippen LogP contribution < -0.4 is 11.1 Å². The lowest BCUT2D eigenvalue weighted by molar-refractivity contribution is 0.0969. The first-order valence-electron chi connectivity index (χ1n) is 7.11. The Kier molecular flexibility index (Phi) is 4.24. The van der Waals surface area contributed by atoms with E-state index in [0.29, 0.717) is 5.56 Å². The maximum absolute atomic E-state index is 12.2. The highest BCUT2D eigenvalue weighted by molar-refractivity contribution is 6.12. The highest BCUT2D eigenvalue weighted by Gasteiger charge is 2.12. The maximum Gasteiger partial charge on any atom is 0.260 e. The van der Waals surface area contributed by atoms with Crippen LogP contribution in [0.4, 0.5) is 0 Å². The largest absolute Gasteiger partial charge is 0.388 e. The van der Waals surface area contributed by atoms with E-state index in [4.69, 9.17) is 10.6 Å². The van der Waals surface area contributed by atoms with E-state index in [1.54, 1.807) is 6.20 Å². The van der Waals surface area contributed by atoms with Crippen LogP contribution in [0.25, 0.3) is 10.9 Å². The van der Waals surface area contributed by atoms with E-state index < -0.39 is 0 Å². The van der Waals surface area contributed by atoms with Gasteiger partial charge in [0.2, 0.25) is 5.96 Å². The van der Waals surface area contributed by atoms with E-state index in [1.807, 2.05) is 54.6 Å². The van der Waals surface area contributed by atoms with Crippen molar-refractivity contribution in [2.24, 2.45) is 10.9 Å². The number of nitrogens with zero attached hydrogens (tertiary/aromatic N) is 1. The Hall–Kier alpha value is -3.28. The number of nitrogens with two attached hydrogens (primary N) is 1. The second-order valence-corrected chi connectivity index (χ2v) is 4.94. The second-order valence-electron chi connectivity index (χ2n) is 4.94. The van der Waals surface area contributed by atoms with Crippen molar-refractivity contribution in [3.05, 3.63) is 71.9 Å². The Morgan fingerprint density at radius 1 is 1.13 bits per heavy atom. The van der Waals surface area contributed by atoms with Crippen molar-refractivity contribution in [3.63, 3.8) is 0 Å². The lowest BCUT2D eigenvalue weighted by Gasteiger charge is -2.04. The summed E-state index contributed by atoms with van der Waals surface area (Å²) in [6, 6.07) is 17.1. The minimum atomic E-state index is -0.341. The Bertz CT molecular complexity index is 840. The van der Waals surface area contributed by atoms with Crippen molar-refractivity contribution in [2.75, 3.05) is 0 Å². The number of guanidine groups is 1. The smallest absolute Gasteiger partial charge is 0.260 e. The SMILES string of the molecule is NC(=NOCc1ccccc1)NC(=O)c1c[nH]c2ccccc12. The van der Waals surface area contributed by atoms with Crippen LogP contribution in [0.1, 0.15) is 15.9 Å². The Morgan fingerprint density at radius 2 is 1.87 bits per heavy atom. The number of carbonyl (C=O) groups excluding carboxylic acids is 1. The van der Waals surface area contributed by atoms with Crippen molar-refractivity contribution in [1.82, 2.24) is 10.3 Å². The zero-order chi connectivity index (χ0) is 16.1. The molecule has 0 radical (unpaired) electrons. The van der Waals surface area contributed by atoms with E-state index in [1.165, 1.54) is 0 Å². The van der Waals surface area contributed by atoms with Crippen LogP contribution >= 0.6 is 0 Å². The summed E-state index contributed by atoms with van der Waals surface area (Å²) in [5.74, 6) is -0.428. The molecule has 0 fully saturated rings. The fraction of sp³-hybridized carbons (Fsp3) is 0.0588. The topological polar surface area (TPSA) is 92.5 Å². The third-order valence-electron chi connectivity index (χ3n) is 3.31. The number of H-pyrrole nitrogens is 1. The van der Waals surface area contributed by atoms with Crippen molar-refractivity contribution >= 4 is 22.8 Å². The monoisotopic (exact) mass is 308 g/mol. The van der Waals surface area contributed by atoms with E-state index in [0.717, 1.165) is 16.5 Å². The van der Waals surface area contributed by atoms with Gasteiger partial charge in [-0.1, -0.05) is 48.5 Å². The molecule has 3 aromatic rings. The number of rotatable bonds is 4. The van der Waals surface area contributed by atoms with Gasteiger partial charge in [-0.3, -0.25) is 10.1 Å². The van der Waals surface area contributed by atoms with Gasteiger partial charge in [-0.2, -0.15) is 0 Å². The van der Waals surface area contributed by atoms with Crippen molar-refractivity contribution in [1.29, 1.82) is 0 Å². The van der Waals surface area contributed by atoms with Crippen LogP contribution in [0.3, 0.4) is 0 Å². The highest BCUT2D eigenvalue weighted by Crippen LogP contribution is 2.17. The predicted molar refractivity (Wildman–Crippen MR) is 88.6 cm³/mol. The zero-order valence-electron chi connectivity index (χ0n) is 12.3. The van der Waals surface area contributed by atoms with E-state index in [-0.39, 0.29) is 18.5 Å². The molecule has 4 N–H and O–H groups in total. The molecule has 116 valence electrons. The number of hydrogen-bond donors (Lipinski definition) is 3. The minimum absolute atomic E-state index is 0.0868. The number of aromatic nitrogens is 1. The molecule has 1 heterocycles. The number of carbonyl (C=O) groups is 1. The van der Waals surface area contributed by atoms with Gasteiger partial charge in [-0.25, -0.2) is 0 Å². The van der Waals surface area contributed by atoms with Crippen molar-refractivity contribution in [2.45, 2.75) is 6.61 Å². The minimum Gasteiger partial charge on any atom is -0.388 e. The summed E-state index contributed by atoms with van der Waals surface area (Å²) in [5, 5.41) is 7.03. The summed E-state index contributed by atoms with van der Waals surface area (Å²) in [7, 11) is 0. The number of fused-ring (bicyclic) bond motifs is 1. The zero-order valence-corrected chi connectivity index (χ0v) is 12.3. The van der Waals surface area contributed by atoms with E-state index in [9.17, 15) is 4.79 Å². The summed E-state index contributed by atoms with van der Waals surface area (Å²) in [6.45, 7) is 0.282. The molecule has 6 nitrogen and oxygen atoms in total. The Labute approximate surface area is 132 Å². The molecule has 0 atom stereocenters. The summed E-state index contributed by atoms with van der Waals surface area (Å²) in [5.41, 5.74) is 8.02. The van der Waals surface area contributed by atoms with Crippen LogP contribution in [-0.2, 0) is 11.4 Å². The molecule has 0 saturated heterocycles. The van der Waals surface area contributed by atoms with E-state index in [2.05, 4.69) is 15.5 Å². The third-order valence-corrected chi connectivity index (χ3v) is 3.31. The predicted octanol–water partition coefficient (Wildman–Crippen LogP) is 2.34. The van der Waals surface area contributed by atoms with Gasteiger partial charge in [0.25, 0.3) is 5.91 Å². The summed E-state index contributed by atoms with van der Waals surface area (Å²) >= 11 is 0. The molecular formula is C17H16N4O2. The van der Waals surface area contributed by atoms with Gasteiger partial charge in [0.05, 0.1) is 5.56 Å². The number of oxime groups is 1. The van der Waals surface area contributed by atoms with Crippen LogP contribution in [-0.4, -0.2) is 16.9 Å². The fourth-order valence-corrected chi connectivity index (χ4v) is 2.22. The molecule has 1 aromatic heterocycles. The molecule has 0 unspecified atom stereocenters. The number of aromatic amines is 1. The van der Waals surface area contributed by atoms with Crippen molar-refractivity contribution in [3.8, 4) is 0 Å². The lowest BCUT2D eigenvalue weighted by atomic mass is 10.1. The summed E-state index contributed by atoms with van der Waals surface area (Å²) in [6.07, 6.45) is 1.64. The first-order valence-corrected chi connectivity index (χ1v) is 7.11. The van der Waals surface area contributed by atoms with Gasteiger partial charge < -0.3 is 15.6 Å². The average molecular weight is 308 g/mol. The van der Waals surface area contributed by atoms with Gasteiger partial charge >= 0.3 is 0 Å². The highest BCUT2D eigenvalue weighted by atomic mass is 16.6. The van der Waals surface area contributed by atoms with Gasteiger partial charge in [0.1, 0.15) is 6.61 Å². The molecule has 6 heteroatoms. The van der Waals surface area contributed by atoms with E-state index >= 15 is 0 Å². The number of hydrogen-bond acceptors (Lipinski definition) is 3. The van der Waals surface area contributed by atoms with Crippen LogP contribution in [0, 0.1) is 0 Å². The molecule has 0 aliphatic carbocycles. The van der Waals surface area contributed by atoms with Gasteiger partial charge in [0.15, 0.2) is 0 Å². The first-order chi connectivity index (χ1) is 11.2. The van der Waals surface area contributed by atoms with Gasteiger partial charge in [-0.15, -0.1) is 0 Å². The molecule has 1 amide bonds. The molecule has 23 heavy (non-hydrogen) atoms. The quantitative estimate of drug-likeness (QED) is 0.392. The van der Waals surface area contributed by atoms with Crippen LogP contribution in [0.2, 0.25) is 0 Å². The first kappa shape index (κ1) is 14.6. The third kappa shape index (κ3) is 3.49. The summed E-state index contributed by atoms with van der Waals surface area (Å²) in [4.78, 5) is 20.4. The number of amides is 1. The lowest BCUT2D eigenvalue weighted by Crippen LogP contribution is -2.36. The normalized spacial score (nSPS) is 11.4. The molecule has 0 bridgehead atoms. The molecule has 0 aliphatic rings. The Balaban J connectivity index is 1.62. The van der Waals surface area contributed by atoms with Crippen molar-refractivity contribution < 1.29 is 9.63 Å². The molecule has 0 spiro atoms. The molecule has 2 aromatic carbocycles. The maximum atomic E-state index is 12.2. The number of benzene rings is 2. The fourth-order valence-electron chi connectivity index (χ4n) is 2.22. The molecule has 3 rings (SSSR count). The Morgan fingerprint density at radius 3 is 2.70 bits per heavy atom. The summed E-state index contributed by atoms with van der Waals surface area (Å²) < 4.78 is 0. The molecular weight excluding hydrogens is 292 g/mol. The van der Waals surface area contributed by atoms with Crippen LogP contribution in [0.5, 0.6) is 0 Å². The van der Waals surface area contributed by atoms with Gasteiger partial charge in [-0.05, 0) is 16.8 Å². The van der Waals surface area contributed by atoms with Gasteiger partial charge in [0, 0.05) is 17.1 Å². The standard InChI is InChI=1S/C17H16N4O2/c18-17(21-23-11-12-6-2-1-3-7-12)20-16(22)14-10-19-15-9-5-4-8-13(14)15/h1-10,19H,11H2,(H3,18,20,21,22). The van der Waals surface area contributed by atoms with Crippen LogP contribution in [0.15, 0.2) is 65.9 Å². The second kappa shape index (κ2) is 6.65. The average Bonchev–Trinajstić information content (AvgIpc) is 3.00. The number of nitrogens with one attached hydrogen (secondary N) is 2. The number of para-hydroxylation sites is 1.